The zero-order valence-electron chi connectivity index (χ0n) is 6.90. The van der Waals surface area contributed by atoms with Gasteiger partial charge in [0, 0.05) is 6.42 Å². The molecule has 0 aliphatic rings. The monoisotopic (exact) mass is 291 g/mol. The molecule has 2 rings (SSSR count). The molecule has 0 atom stereocenters. The summed E-state index contributed by atoms with van der Waals surface area (Å²) in [5.74, 6) is 0.747. The third-order valence-corrected chi connectivity index (χ3v) is 1.59. The van der Waals surface area contributed by atoms with E-state index in [9.17, 15) is 0 Å². The Morgan fingerprint density at radius 2 is 2.23 bits per heavy atom. The molecular formula is C7H10IN5. The molecule has 0 aliphatic carbocycles. The summed E-state index contributed by atoms with van der Waals surface area (Å²) >= 11 is 0. The molecule has 0 amide bonds. The van der Waals surface area contributed by atoms with Crippen LogP contribution in [0.25, 0.3) is 11.2 Å². The first kappa shape index (κ1) is 10.3. The van der Waals surface area contributed by atoms with E-state index < -0.39 is 0 Å². The molecule has 0 radical (unpaired) electrons. The van der Waals surface area contributed by atoms with Gasteiger partial charge in [0.15, 0.2) is 5.65 Å². The van der Waals surface area contributed by atoms with Crippen molar-refractivity contribution in [2.75, 3.05) is 6.54 Å². The molecule has 3 N–H and O–H groups in total. The number of nitrogens with two attached hydrogens (primary N) is 1. The molecule has 0 unspecified atom stereocenters. The Bertz CT molecular complexity index is 385. The Morgan fingerprint density at radius 3 is 3.00 bits per heavy atom. The number of aromatic nitrogens is 4. The minimum atomic E-state index is 0. The summed E-state index contributed by atoms with van der Waals surface area (Å²) in [6.07, 6.45) is 4.02. The quantitative estimate of drug-likeness (QED) is 0.788. The number of nitrogens with zero attached hydrogens (tertiary/aromatic N) is 3. The highest BCUT2D eigenvalue weighted by molar-refractivity contribution is 14.0. The number of hydrogen-bond donors (Lipinski definition) is 2. The zero-order valence-corrected chi connectivity index (χ0v) is 9.23. The highest BCUT2D eigenvalue weighted by Gasteiger charge is 1.99. The number of aromatic amines is 1. The van der Waals surface area contributed by atoms with E-state index in [1.165, 1.54) is 0 Å². The van der Waals surface area contributed by atoms with Gasteiger partial charge in [-0.2, -0.15) is 0 Å². The van der Waals surface area contributed by atoms with Gasteiger partial charge >= 0.3 is 0 Å². The molecule has 0 fully saturated rings. The highest BCUT2D eigenvalue weighted by atomic mass is 127. The molecule has 2 heterocycles. The molecule has 2 aromatic rings. The fraction of sp³-hybridized carbons (Fsp3) is 0.286. The molecule has 0 spiro atoms. The fourth-order valence-corrected chi connectivity index (χ4v) is 1.02. The number of rotatable bonds is 2. The van der Waals surface area contributed by atoms with Crippen LogP contribution in [0.5, 0.6) is 0 Å². The summed E-state index contributed by atoms with van der Waals surface area (Å²) in [6, 6.07) is 0. The molecule has 0 saturated heterocycles. The number of nitrogens with one attached hydrogen (secondary N) is 1. The summed E-state index contributed by atoms with van der Waals surface area (Å²) in [5.41, 5.74) is 6.93. The van der Waals surface area contributed by atoms with E-state index in [2.05, 4.69) is 19.9 Å². The van der Waals surface area contributed by atoms with Gasteiger partial charge < -0.3 is 10.7 Å². The standard InChI is InChI=1S/C7H9N5.HI/c8-2-1-6-9-3-5-7(12-6)11-4-10-5;/h3-4H,1-2,8H2,(H,9,10,11,12);1H. The van der Waals surface area contributed by atoms with Crippen molar-refractivity contribution in [3.63, 3.8) is 0 Å². The topological polar surface area (TPSA) is 80.5 Å². The SMILES string of the molecule is I.NCCc1ncc2[nH]cnc2n1. The fourth-order valence-electron chi connectivity index (χ4n) is 1.02. The summed E-state index contributed by atoms with van der Waals surface area (Å²) < 4.78 is 0. The Kier molecular flexibility index (Phi) is 3.55. The van der Waals surface area contributed by atoms with Crippen molar-refractivity contribution >= 4 is 35.1 Å². The molecule has 0 aliphatic heterocycles. The van der Waals surface area contributed by atoms with Crippen LogP contribution in [0.1, 0.15) is 5.82 Å². The van der Waals surface area contributed by atoms with Crippen LogP contribution in [0, 0.1) is 0 Å². The van der Waals surface area contributed by atoms with E-state index in [0.717, 1.165) is 11.3 Å². The lowest BCUT2D eigenvalue weighted by molar-refractivity contribution is 0.877. The predicted molar refractivity (Wildman–Crippen MR) is 59.9 cm³/mol. The largest absolute Gasteiger partial charge is 0.342 e. The van der Waals surface area contributed by atoms with Crippen LogP contribution in [0.15, 0.2) is 12.5 Å². The lowest BCUT2D eigenvalue weighted by Gasteiger charge is -1.94. The van der Waals surface area contributed by atoms with E-state index in [-0.39, 0.29) is 24.0 Å². The molecular weight excluding hydrogens is 281 g/mol. The van der Waals surface area contributed by atoms with Crippen molar-refractivity contribution in [2.24, 2.45) is 5.73 Å². The number of H-pyrrole nitrogens is 1. The maximum atomic E-state index is 5.37. The molecule has 0 aromatic carbocycles. The Balaban J connectivity index is 0.000000845. The lowest BCUT2D eigenvalue weighted by Crippen LogP contribution is -2.06. The van der Waals surface area contributed by atoms with Crippen molar-refractivity contribution in [3.8, 4) is 0 Å². The smallest absolute Gasteiger partial charge is 0.180 e. The van der Waals surface area contributed by atoms with Gasteiger partial charge in [0.25, 0.3) is 0 Å². The van der Waals surface area contributed by atoms with Gasteiger partial charge in [0.1, 0.15) is 11.3 Å². The minimum absolute atomic E-state index is 0. The number of imidazole rings is 1. The average molecular weight is 291 g/mol. The van der Waals surface area contributed by atoms with Crippen molar-refractivity contribution in [2.45, 2.75) is 6.42 Å². The van der Waals surface area contributed by atoms with Gasteiger partial charge in [-0.05, 0) is 6.54 Å². The zero-order chi connectivity index (χ0) is 8.39. The lowest BCUT2D eigenvalue weighted by atomic mass is 10.4. The minimum Gasteiger partial charge on any atom is -0.342 e. The highest BCUT2D eigenvalue weighted by Crippen LogP contribution is 2.03. The van der Waals surface area contributed by atoms with E-state index >= 15 is 0 Å². The van der Waals surface area contributed by atoms with Gasteiger partial charge in [0.05, 0.1) is 12.5 Å². The van der Waals surface area contributed by atoms with Crippen LogP contribution in [-0.4, -0.2) is 26.5 Å². The summed E-state index contributed by atoms with van der Waals surface area (Å²) in [7, 11) is 0. The summed E-state index contributed by atoms with van der Waals surface area (Å²) in [5, 5.41) is 0. The van der Waals surface area contributed by atoms with Crippen LogP contribution in [0.2, 0.25) is 0 Å². The first-order valence-electron chi connectivity index (χ1n) is 3.75. The third kappa shape index (κ3) is 2.13. The van der Waals surface area contributed by atoms with Gasteiger partial charge in [-0.3, -0.25) is 0 Å². The van der Waals surface area contributed by atoms with Gasteiger partial charge in [-0.1, -0.05) is 0 Å². The van der Waals surface area contributed by atoms with Gasteiger partial charge in [0.2, 0.25) is 0 Å². The molecule has 0 bridgehead atoms. The van der Waals surface area contributed by atoms with Crippen LogP contribution < -0.4 is 5.73 Å². The van der Waals surface area contributed by atoms with Gasteiger partial charge in [-0.25, -0.2) is 15.0 Å². The van der Waals surface area contributed by atoms with Crippen molar-refractivity contribution in [1.82, 2.24) is 19.9 Å². The third-order valence-electron chi connectivity index (χ3n) is 1.59. The second-order valence-electron chi connectivity index (χ2n) is 2.46. The van der Waals surface area contributed by atoms with E-state index in [4.69, 9.17) is 5.73 Å². The predicted octanol–water partition coefficient (Wildman–Crippen LogP) is 0.472. The Labute approximate surface area is 92.2 Å². The van der Waals surface area contributed by atoms with E-state index in [1.807, 2.05) is 0 Å². The van der Waals surface area contributed by atoms with Crippen LogP contribution >= 0.6 is 24.0 Å². The van der Waals surface area contributed by atoms with Gasteiger partial charge in [-0.15, -0.1) is 24.0 Å². The normalized spacial score (nSPS) is 9.92. The summed E-state index contributed by atoms with van der Waals surface area (Å²) in [6.45, 7) is 0.565. The van der Waals surface area contributed by atoms with Crippen molar-refractivity contribution < 1.29 is 0 Å². The van der Waals surface area contributed by atoms with Crippen LogP contribution in [-0.2, 0) is 6.42 Å². The number of fused-ring (bicyclic) bond motifs is 1. The first-order valence-corrected chi connectivity index (χ1v) is 3.75. The molecule has 6 heteroatoms. The average Bonchev–Trinajstić information content (AvgIpc) is 2.51. The summed E-state index contributed by atoms with van der Waals surface area (Å²) in [4.78, 5) is 15.2. The van der Waals surface area contributed by atoms with E-state index in [0.29, 0.717) is 18.6 Å². The molecule has 13 heavy (non-hydrogen) atoms. The van der Waals surface area contributed by atoms with Crippen molar-refractivity contribution in [3.05, 3.63) is 18.3 Å². The Hall–Kier alpha value is -0.760. The second-order valence-corrected chi connectivity index (χ2v) is 2.46. The molecule has 2 aromatic heterocycles. The first-order chi connectivity index (χ1) is 5.90. The van der Waals surface area contributed by atoms with Crippen LogP contribution in [0.3, 0.4) is 0 Å². The molecule has 70 valence electrons. The second kappa shape index (κ2) is 4.47. The van der Waals surface area contributed by atoms with Crippen LogP contribution in [0.4, 0.5) is 0 Å². The Morgan fingerprint density at radius 1 is 1.38 bits per heavy atom. The van der Waals surface area contributed by atoms with E-state index in [1.54, 1.807) is 12.5 Å². The maximum absolute atomic E-state index is 5.37. The maximum Gasteiger partial charge on any atom is 0.180 e. The number of hydrogen-bond acceptors (Lipinski definition) is 4. The molecule has 0 saturated carbocycles. The molecule has 5 nitrogen and oxygen atoms in total. The number of halogens is 1. The van der Waals surface area contributed by atoms with Crippen molar-refractivity contribution in [1.29, 1.82) is 0 Å².